The highest BCUT2D eigenvalue weighted by Gasteiger charge is 2.13. The second kappa shape index (κ2) is 5.81. The fourth-order valence-corrected chi connectivity index (χ4v) is 1.12. The van der Waals surface area contributed by atoms with E-state index in [1.54, 1.807) is 0 Å². The fourth-order valence-electron chi connectivity index (χ4n) is 0.986. The predicted molar refractivity (Wildman–Crippen MR) is 59.2 cm³/mol. The Balaban J connectivity index is 2.38. The van der Waals surface area contributed by atoms with Crippen LogP contribution in [0.25, 0.3) is 0 Å². The van der Waals surface area contributed by atoms with Gasteiger partial charge in [-0.1, -0.05) is 53.2 Å². The van der Waals surface area contributed by atoms with Crippen LogP contribution in [0.2, 0.25) is 0 Å². The van der Waals surface area contributed by atoms with Gasteiger partial charge in [0.05, 0.1) is 0 Å². The lowest BCUT2D eigenvalue weighted by molar-refractivity contribution is -0.144. The molecule has 0 fully saturated rings. The van der Waals surface area contributed by atoms with Crippen molar-refractivity contribution >= 4 is 21.9 Å². The third-order valence-electron chi connectivity index (χ3n) is 1.84. The second-order valence-corrected chi connectivity index (χ2v) is 4.07. The number of hydrogen-bond acceptors (Lipinski definition) is 2. The summed E-state index contributed by atoms with van der Waals surface area (Å²) in [6.45, 7) is 2.28. The fraction of sp³-hybridized carbons (Fsp3) is 0.364. The van der Waals surface area contributed by atoms with E-state index in [4.69, 9.17) is 4.74 Å². The Bertz CT molecular complexity index is 285. The van der Waals surface area contributed by atoms with Gasteiger partial charge in [0.25, 0.3) is 0 Å². The lowest BCUT2D eigenvalue weighted by Crippen LogP contribution is -2.16. The van der Waals surface area contributed by atoms with Crippen LogP contribution in [0.1, 0.15) is 18.9 Å². The summed E-state index contributed by atoms with van der Waals surface area (Å²) in [4.78, 5) is 11.1. The summed E-state index contributed by atoms with van der Waals surface area (Å²) >= 11 is 3.24. The summed E-state index contributed by atoms with van der Waals surface area (Å²) in [6, 6.07) is 9.65. The summed E-state index contributed by atoms with van der Waals surface area (Å²) in [5.41, 5.74) is 1.01. The highest BCUT2D eigenvalue weighted by Crippen LogP contribution is 2.08. The molecule has 1 atom stereocenters. The Morgan fingerprint density at radius 3 is 2.64 bits per heavy atom. The zero-order chi connectivity index (χ0) is 10.4. The van der Waals surface area contributed by atoms with Crippen LogP contribution in [0, 0.1) is 0 Å². The van der Waals surface area contributed by atoms with Gasteiger partial charge in [0.15, 0.2) is 0 Å². The third kappa shape index (κ3) is 3.50. The lowest BCUT2D eigenvalue weighted by Gasteiger charge is -2.07. The van der Waals surface area contributed by atoms with Gasteiger partial charge >= 0.3 is 5.97 Å². The molecule has 0 aliphatic carbocycles. The van der Waals surface area contributed by atoms with E-state index in [-0.39, 0.29) is 10.8 Å². The van der Waals surface area contributed by atoms with Gasteiger partial charge in [-0.15, -0.1) is 0 Å². The molecule has 1 rings (SSSR count). The van der Waals surface area contributed by atoms with Gasteiger partial charge in [0.1, 0.15) is 11.4 Å². The van der Waals surface area contributed by atoms with Crippen molar-refractivity contribution in [1.29, 1.82) is 0 Å². The first kappa shape index (κ1) is 11.2. The minimum Gasteiger partial charge on any atom is -0.460 e. The highest BCUT2D eigenvalue weighted by molar-refractivity contribution is 9.10. The van der Waals surface area contributed by atoms with Crippen LogP contribution >= 0.6 is 15.9 Å². The van der Waals surface area contributed by atoms with Crippen LogP contribution in [0.15, 0.2) is 30.3 Å². The van der Waals surface area contributed by atoms with Gasteiger partial charge in [-0.05, 0) is 12.0 Å². The molecule has 0 saturated heterocycles. The van der Waals surface area contributed by atoms with E-state index in [1.165, 1.54) is 0 Å². The largest absolute Gasteiger partial charge is 0.460 e. The van der Waals surface area contributed by atoms with Gasteiger partial charge in [-0.2, -0.15) is 0 Å². The summed E-state index contributed by atoms with van der Waals surface area (Å²) in [5.74, 6) is -0.198. The van der Waals surface area contributed by atoms with Gasteiger partial charge in [-0.25, -0.2) is 0 Å². The number of carbonyl (C=O) groups is 1. The smallest absolute Gasteiger partial charge is 0.320 e. The van der Waals surface area contributed by atoms with Crippen LogP contribution in [0.5, 0.6) is 0 Å². The molecule has 3 heteroatoms. The van der Waals surface area contributed by atoms with Crippen molar-refractivity contribution in [3.63, 3.8) is 0 Å². The minimum absolute atomic E-state index is 0.189. The van der Waals surface area contributed by atoms with Crippen LogP contribution in [-0.2, 0) is 16.1 Å². The van der Waals surface area contributed by atoms with Crippen LogP contribution in [0.4, 0.5) is 0 Å². The number of halogens is 1. The molecule has 1 aromatic carbocycles. The number of esters is 1. The highest BCUT2D eigenvalue weighted by atomic mass is 79.9. The second-order valence-electron chi connectivity index (χ2n) is 2.97. The first-order valence-corrected chi connectivity index (χ1v) is 5.50. The lowest BCUT2D eigenvalue weighted by atomic mass is 10.2. The molecule has 0 heterocycles. The molecule has 0 aliphatic rings. The van der Waals surface area contributed by atoms with Crippen molar-refractivity contribution in [2.24, 2.45) is 0 Å². The molecule has 1 unspecified atom stereocenters. The molecule has 0 aliphatic heterocycles. The van der Waals surface area contributed by atoms with Crippen molar-refractivity contribution in [2.45, 2.75) is 24.8 Å². The molecule has 0 spiro atoms. The quantitative estimate of drug-likeness (QED) is 0.612. The number of ether oxygens (including phenoxy) is 1. The average Bonchev–Trinajstić information content (AvgIpc) is 2.26. The first-order valence-electron chi connectivity index (χ1n) is 4.58. The molecule has 0 saturated carbocycles. The van der Waals surface area contributed by atoms with Crippen LogP contribution in [0.3, 0.4) is 0 Å². The molecule has 14 heavy (non-hydrogen) atoms. The number of alkyl halides is 1. The monoisotopic (exact) mass is 256 g/mol. The van der Waals surface area contributed by atoms with Gasteiger partial charge < -0.3 is 4.74 Å². The van der Waals surface area contributed by atoms with Crippen LogP contribution < -0.4 is 0 Å². The van der Waals surface area contributed by atoms with Crippen molar-refractivity contribution in [2.75, 3.05) is 0 Å². The van der Waals surface area contributed by atoms with Gasteiger partial charge in [0, 0.05) is 0 Å². The summed E-state index contributed by atoms with van der Waals surface area (Å²) < 4.78 is 5.09. The Labute approximate surface area is 92.4 Å². The SMILES string of the molecule is CCC(Br)C(=O)OCc1ccccc1. The Hall–Kier alpha value is -0.830. The number of carbonyl (C=O) groups excluding carboxylic acids is 1. The molecule has 0 amide bonds. The van der Waals surface area contributed by atoms with Crippen molar-refractivity contribution in [3.05, 3.63) is 35.9 Å². The van der Waals surface area contributed by atoms with E-state index in [0.29, 0.717) is 6.61 Å². The normalized spacial score (nSPS) is 12.1. The Kier molecular flexibility index (Phi) is 4.66. The standard InChI is InChI=1S/C11H13BrO2/c1-2-10(12)11(13)14-8-9-6-4-3-5-7-9/h3-7,10H,2,8H2,1H3. The molecule has 0 bridgehead atoms. The molecule has 2 nitrogen and oxygen atoms in total. The third-order valence-corrected chi connectivity index (χ3v) is 2.86. The molecule has 0 aromatic heterocycles. The number of hydrogen-bond donors (Lipinski definition) is 0. The zero-order valence-electron chi connectivity index (χ0n) is 8.07. The van der Waals surface area contributed by atoms with Crippen molar-refractivity contribution < 1.29 is 9.53 Å². The van der Waals surface area contributed by atoms with Crippen LogP contribution in [-0.4, -0.2) is 10.8 Å². The molecule has 76 valence electrons. The van der Waals surface area contributed by atoms with E-state index in [0.717, 1.165) is 12.0 Å². The minimum atomic E-state index is -0.198. The molecule has 0 N–H and O–H groups in total. The van der Waals surface area contributed by atoms with E-state index in [2.05, 4.69) is 15.9 Å². The summed E-state index contributed by atoms with van der Waals surface area (Å²) in [5, 5.41) is 0. The number of rotatable bonds is 4. The Morgan fingerprint density at radius 1 is 1.43 bits per heavy atom. The van der Waals surface area contributed by atoms with E-state index in [1.807, 2.05) is 37.3 Å². The summed E-state index contributed by atoms with van der Waals surface area (Å²) in [7, 11) is 0. The van der Waals surface area contributed by atoms with E-state index in [9.17, 15) is 4.79 Å². The maximum absolute atomic E-state index is 11.3. The molecule has 1 aromatic rings. The predicted octanol–water partition coefficient (Wildman–Crippen LogP) is 2.90. The molecular formula is C11H13BrO2. The maximum atomic E-state index is 11.3. The van der Waals surface area contributed by atoms with E-state index >= 15 is 0 Å². The topological polar surface area (TPSA) is 26.3 Å². The van der Waals surface area contributed by atoms with Gasteiger partial charge in [-0.3, -0.25) is 4.79 Å². The first-order chi connectivity index (χ1) is 6.74. The maximum Gasteiger partial charge on any atom is 0.320 e. The van der Waals surface area contributed by atoms with Crippen molar-refractivity contribution in [1.82, 2.24) is 0 Å². The van der Waals surface area contributed by atoms with Crippen molar-refractivity contribution in [3.8, 4) is 0 Å². The summed E-state index contributed by atoms with van der Waals surface area (Å²) in [6.07, 6.45) is 0.744. The van der Waals surface area contributed by atoms with Gasteiger partial charge in [0.2, 0.25) is 0 Å². The average molecular weight is 257 g/mol. The Morgan fingerprint density at radius 2 is 2.07 bits per heavy atom. The number of benzene rings is 1. The van der Waals surface area contributed by atoms with E-state index < -0.39 is 0 Å². The molecular weight excluding hydrogens is 244 g/mol. The molecule has 0 radical (unpaired) electrons. The zero-order valence-corrected chi connectivity index (χ0v) is 9.66.